The average molecular weight is 507 g/mol. The number of fused-ring (bicyclic) bond motifs is 1. The van der Waals surface area contributed by atoms with Crippen LogP contribution in [0.4, 0.5) is 5.82 Å². The zero-order chi connectivity index (χ0) is 21.0. The summed E-state index contributed by atoms with van der Waals surface area (Å²) in [6.07, 6.45) is 7.43. The lowest BCUT2D eigenvalue weighted by Gasteiger charge is -2.14. The first-order chi connectivity index (χ1) is 14.0. The quantitative estimate of drug-likeness (QED) is 0.217. The molecule has 0 fully saturated rings. The molecule has 0 aliphatic rings. The Bertz CT molecular complexity index is 1050. The first-order valence-corrected chi connectivity index (χ1v) is 10.0. The minimum atomic E-state index is 0.362. The van der Waals surface area contributed by atoms with Crippen LogP contribution in [0, 0.1) is 16.2 Å². The predicted molar refractivity (Wildman–Crippen MR) is 119 cm³/mol. The number of hydrogen-bond acceptors (Lipinski definition) is 7. The predicted octanol–water partition coefficient (Wildman–Crippen LogP) is 3.04. The third-order valence-corrected chi connectivity index (χ3v) is 4.95. The van der Waals surface area contributed by atoms with E-state index in [1.165, 1.54) is 0 Å². The topological polar surface area (TPSA) is 97.3 Å². The summed E-state index contributed by atoms with van der Waals surface area (Å²) in [5.41, 5.74) is 8.35. The second-order valence-corrected chi connectivity index (χ2v) is 7.21. The van der Waals surface area contributed by atoms with E-state index >= 15 is 0 Å². The molecule has 0 saturated carbocycles. The van der Waals surface area contributed by atoms with E-state index in [-0.39, 0.29) is 0 Å². The molecule has 0 unspecified atom stereocenters. The molecule has 3 rings (SSSR count). The second kappa shape index (κ2) is 9.17. The van der Waals surface area contributed by atoms with Crippen LogP contribution < -0.4 is 19.9 Å². The number of aryl methyl sites for hydroxylation is 1. The van der Waals surface area contributed by atoms with Gasteiger partial charge in [0.2, 0.25) is 5.75 Å². The summed E-state index contributed by atoms with van der Waals surface area (Å²) in [6, 6.07) is 3.82. The molecule has 0 saturated heterocycles. The van der Waals surface area contributed by atoms with Gasteiger partial charge in [-0.15, -0.1) is 12.3 Å². The number of nitrogen functional groups attached to an aromatic ring is 1. The van der Waals surface area contributed by atoms with Gasteiger partial charge in [0, 0.05) is 42.0 Å². The van der Waals surface area contributed by atoms with Crippen molar-refractivity contribution in [1.82, 2.24) is 19.5 Å². The normalized spacial score (nSPS) is 10.7. The van der Waals surface area contributed by atoms with Crippen LogP contribution in [0.25, 0.3) is 11.2 Å². The number of aromatic nitrogens is 4. The monoisotopic (exact) mass is 507 g/mol. The second-order valence-electron chi connectivity index (χ2n) is 6.25. The van der Waals surface area contributed by atoms with E-state index in [0.717, 1.165) is 17.8 Å². The first-order valence-electron chi connectivity index (χ1n) is 8.92. The summed E-state index contributed by atoms with van der Waals surface area (Å²) in [4.78, 5) is 13.5. The fourth-order valence-electron chi connectivity index (χ4n) is 3.17. The minimum Gasteiger partial charge on any atom is -0.493 e. The molecule has 2 aromatic heterocycles. The lowest BCUT2D eigenvalue weighted by atomic mass is 10.1. The summed E-state index contributed by atoms with van der Waals surface area (Å²) in [7, 11) is 4.76. The van der Waals surface area contributed by atoms with Crippen LogP contribution in [-0.4, -0.2) is 40.8 Å². The molecule has 8 nitrogen and oxygen atoms in total. The molecule has 2 heterocycles. The van der Waals surface area contributed by atoms with Gasteiger partial charge in [-0.3, -0.25) is 0 Å². The molecule has 3 aromatic rings. The van der Waals surface area contributed by atoms with Crippen LogP contribution >= 0.6 is 22.6 Å². The van der Waals surface area contributed by atoms with Gasteiger partial charge >= 0.3 is 0 Å². The minimum absolute atomic E-state index is 0.362. The van der Waals surface area contributed by atoms with E-state index in [2.05, 4.69) is 43.0 Å². The van der Waals surface area contributed by atoms with Crippen LogP contribution in [0.1, 0.15) is 24.2 Å². The van der Waals surface area contributed by atoms with Crippen molar-refractivity contribution in [2.45, 2.75) is 25.8 Å². The summed E-state index contributed by atoms with van der Waals surface area (Å²) < 4.78 is 19.0. The van der Waals surface area contributed by atoms with E-state index in [1.54, 1.807) is 21.3 Å². The molecular formula is C20H22IN5O3. The van der Waals surface area contributed by atoms with Gasteiger partial charge in [-0.05, 0) is 24.1 Å². The average Bonchev–Trinajstić information content (AvgIpc) is 3.04. The third-order valence-electron chi connectivity index (χ3n) is 4.46. The van der Waals surface area contributed by atoms with Gasteiger partial charge in [-0.1, -0.05) is 0 Å². The number of halogens is 1. The maximum Gasteiger partial charge on any atom is 0.203 e. The van der Waals surface area contributed by atoms with Crippen LogP contribution in [-0.2, 0) is 13.0 Å². The standard InChI is InChI=1S/C20H22IN5O3/c1-5-6-7-8-26-15(23-16-18(22)24-20(21)25-19(16)26)11-12-9-13(27-2)17(29-4)14(10-12)28-3/h1,9-10H,6-8,11H2,2-4H3,(H2,22,24,25). The van der Waals surface area contributed by atoms with Gasteiger partial charge in [-0.2, -0.15) is 0 Å². The maximum atomic E-state index is 6.10. The number of nitrogens with zero attached hydrogens (tertiary/aromatic N) is 4. The van der Waals surface area contributed by atoms with E-state index in [1.807, 2.05) is 12.1 Å². The Morgan fingerprint density at radius 3 is 2.38 bits per heavy atom. The SMILES string of the molecule is C#CCCCn1c(Cc2cc(OC)c(OC)c(OC)c2)nc2c(N)nc(I)nc21. The Kier molecular flexibility index (Phi) is 6.64. The van der Waals surface area contributed by atoms with Crippen molar-refractivity contribution in [2.24, 2.45) is 0 Å². The number of unbranched alkanes of at least 4 members (excludes halogenated alkanes) is 1. The van der Waals surface area contributed by atoms with Gasteiger partial charge < -0.3 is 24.5 Å². The Morgan fingerprint density at radius 2 is 1.79 bits per heavy atom. The van der Waals surface area contributed by atoms with Crippen LogP contribution in [0.2, 0.25) is 0 Å². The van der Waals surface area contributed by atoms with Gasteiger partial charge in [0.15, 0.2) is 32.3 Å². The molecule has 0 radical (unpaired) electrons. The molecular weight excluding hydrogens is 485 g/mol. The van der Waals surface area contributed by atoms with Crippen LogP contribution in [0.3, 0.4) is 0 Å². The largest absolute Gasteiger partial charge is 0.493 e. The summed E-state index contributed by atoms with van der Waals surface area (Å²) in [5.74, 6) is 5.57. The highest BCUT2D eigenvalue weighted by molar-refractivity contribution is 14.1. The zero-order valence-corrected chi connectivity index (χ0v) is 18.7. The highest BCUT2D eigenvalue weighted by Crippen LogP contribution is 2.38. The smallest absolute Gasteiger partial charge is 0.203 e. The van der Waals surface area contributed by atoms with Crippen molar-refractivity contribution in [3.63, 3.8) is 0 Å². The van der Waals surface area contributed by atoms with Crippen molar-refractivity contribution in [3.8, 4) is 29.6 Å². The Balaban J connectivity index is 2.09. The molecule has 29 heavy (non-hydrogen) atoms. The van der Waals surface area contributed by atoms with Gasteiger partial charge in [-0.25, -0.2) is 15.0 Å². The van der Waals surface area contributed by atoms with Gasteiger partial charge in [0.1, 0.15) is 5.82 Å². The Labute approximate surface area is 182 Å². The molecule has 1 aromatic carbocycles. The molecule has 9 heteroatoms. The van der Waals surface area contributed by atoms with E-state index in [0.29, 0.717) is 57.4 Å². The Morgan fingerprint density at radius 1 is 1.10 bits per heavy atom. The van der Waals surface area contributed by atoms with Crippen molar-refractivity contribution >= 4 is 39.6 Å². The molecule has 0 bridgehead atoms. The fourth-order valence-corrected chi connectivity index (χ4v) is 3.66. The van der Waals surface area contributed by atoms with E-state index in [4.69, 9.17) is 31.4 Å². The van der Waals surface area contributed by atoms with E-state index in [9.17, 15) is 0 Å². The number of methoxy groups -OCH3 is 3. The molecule has 152 valence electrons. The van der Waals surface area contributed by atoms with Crippen molar-refractivity contribution in [2.75, 3.05) is 27.1 Å². The molecule has 0 aliphatic heterocycles. The Hall–Kier alpha value is -2.74. The number of rotatable bonds is 8. The first kappa shape index (κ1) is 21.0. The number of hydrogen-bond donors (Lipinski definition) is 1. The van der Waals surface area contributed by atoms with Crippen molar-refractivity contribution < 1.29 is 14.2 Å². The highest BCUT2D eigenvalue weighted by Gasteiger charge is 2.19. The van der Waals surface area contributed by atoms with Gasteiger partial charge in [0.05, 0.1) is 21.3 Å². The van der Waals surface area contributed by atoms with Crippen molar-refractivity contribution in [3.05, 3.63) is 27.4 Å². The molecule has 0 atom stereocenters. The number of terminal acetylenes is 1. The number of imidazole rings is 1. The number of ether oxygens (including phenoxy) is 3. The summed E-state index contributed by atoms with van der Waals surface area (Å²) in [6.45, 7) is 0.687. The fraction of sp³-hybridized carbons (Fsp3) is 0.350. The molecule has 2 N–H and O–H groups in total. The molecule has 0 amide bonds. The molecule has 0 spiro atoms. The van der Waals surface area contributed by atoms with Crippen LogP contribution in [0.5, 0.6) is 17.2 Å². The number of benzene rings is 1. The summed E-state index contributed by atoms with van der Waals surface area (Å²) >= 11 is 2.05. The lowest BCUT2D eigenvalue weighted by molar-refractivity contribution is 0.324. The number of nitrogens with two attached hydrogens (primary N) is 1. The lowest BCUT2D eigenvalue weighted by Crippen LogP contribution is -2.07. The zero-order valence-electron chi connectivity index (χ0n) is 16.5. The summed E-state index contributed by atoms with van der Waals surface area (Å²) in [5, 5.41) is 0. The van der Waals surface area contributed by atoms with E-state index < -0.39 is 0 Å². The maximum absolute atomic E-state index is 6.10. The third kappa shape index (κ3) is 4.32. The molecule has 0 aliphatic carbocycles. The van der Waals surface area contributed by atoms with Crippen molar-refractivity contribution in [1.29, 1.82) is 0 Å². The number of anilines is 1. The highest BCUT2D eigenvalue weighted by atomic mass is 127. The van der Waals surface area contributed by atoms with Crippen LogP contribution in [0.15, 0.2) is 12.1 Å². The van der Waals surface area contributed by atoms with Gasteiger partial charge in [0.25, 0.3) is 0 Å².